The first-order valence-electron chi connectivity index (χ1n) is 9.19. The van der Waals surface area contributed by atoms with Crippen molar-refractivity contribution in [2.75, 3.05) is 6.61 Å². The van der Waals surface area contributed by atoms with Crippen molar-refractivity contribution in [1.29, 1.82) is 0 Å². The van der Waals surface area contributed by atoms with Gasteiger partial charge in [0, 0.05) is 5.57 Å². The van der Waals surface area contributed by atoms with Crippen molar-refractivity contribution in [3.05, 3.63) is 77.5 Å². The van der Waals surface area contributed by atoms with Crippen molar-refractivity contribution in [3.8, 4) is 0 Å². The summed E-state index contributed by atoms with van der Waals surface area (Å²) in [6, 6.07) is 20.1. The number of hydrogen-bond donors (Lipinski definition) is 0. The van der Waals surface area contributed by atoms with Crippen LogP contribution in [-0.4, -0.2) is 23.7 Å². The fourth-order valence-corrected chi connectivity index (χ4v) is 3.28. The van der Waals surface area contributed by atoms with Gasteiger partial charge >= 0.3 is 5.97 Å². The van der Waals surface area contributed by atoms with E-state index in [1.807, 2.05) is 53.6 Å². The normalized spacial score (nSPS) is 17.2. The summed E-state index contributed by atoms with van der Waals surface area (Å²) in [4.78, 5) is 18.6. The van der Waals surface area contributed by atoms with Crippen molar-refractivity contribution < 1.29 is 14.4 Å². The molecule has 0 N–H and O–H groups in total. The zero-order chi connectivity index (χ0) is 18.4. The average molecular weight is 351 g/mol. The highest BCUT2D eigenvalue weighted by Crippen LogP contribution is 2.37. The predicted octanol–water partition coefficient (Wildman–Crippen LogP) is 4.58. The smallest absolute Gasteiger partial charge is 0.376 e. The monoisotopic (exact) mass is 351 g/mol. The molecule has 2 aromatic carbocycles. The van der Waals surface area contributed by atoms with E-state index in [1.165, 1.54) is 0 Å². The van der Waals surface area contributed by atoms with Crippen LogP contribution in [0.2, 0.25) is 0 Å². The van der Waals surface area contributed by atoms with E-state index in [9.17, 15) is 4.79 Å². The van der Waals surface area contributed by atoms with Crippen LogP contribution in [-0.2, 0) is 20.9 Å². The summed E-state index contributed by atoms with van der Waals surface area (Å²) in [6.07, 6.45) is 1.89. The van der Waals surface area contributed by atoms with E-state index in [2.05, 4.69) is 19.1 Å². The minimum absolute atomic E-state index is 0.0158. The lowest BCUT2D eigenvalue weighted by molar-refractivity contribution is -0.162. The molecule has 2 aromatic rings. The van der Waals surface area contributed by atoms with Crippen LogP contribution >= 0.6 is 0 Å². The Hall–Kier alpha value is -2.59. The lowest BCUT2D eigenvalue weighted by atomic mass is 9.94. The molecule has 0 bridgehead atoms. The first-order valence-corrected chi connectivity index (χ1v) is 9.19. The van der Waals surface area contributed by atoms with Crippen LogP contribution in [0.15, 0.2) is 66.4 Å². The molecule has 0 aliphatic carbocycles. The molecule has 0 radical (unpaired) electrons. The average Bonchev–Trinajstić information content (AvgIpc) is 3.02. The number of ether oxygens (including phenoxy) is 1. The molecule has 3 rings (SSSR count). The van der Waals surface area contributed by atoms with Crippen LogP contribution in [0.1, 0.15) is 37.8 Å². The zero-order valence-electron chi connectivity index (χ0n) is 15.4. The van der Waals surface area contributed by atoms with E-state index in [0.29, 0.717) is 18.9 Å². The van der Waals surface area contributed by atoms with Crippen LogP contribution in [0.3, 0.4) is 0 Å². The van der Waals surface area contributed by atoms with Gasteiger partial charge in [0.2, 0.25) is 5.76 Å². The number of carbonyl (C=O) groups is 1. The van der Waals surface area contributed by atoms with Gasteiger partial charge in [-0.1, -0.05) is 74.0 Å². The van der Waals surface area contributed by atoms with Crippen LogP contribution in [0, 0.1) is 0 Å². The number of hydrogen-bond acceptors (Lipinski definition) is 4. The van der Waals surface area contributed by atoms with Gasteiger partial charge in [0.15, 0.2) is 0 Å². The molecule has 1 unspecified atom stereocenters. The number of hydroxylamine groups is 2. The highest BCUT2D eigenvalue weighted by molar-refractivity contribution is 5.97. The van der Waals surface area contributed by atoms with E-state index in [1.54, 1.807) is 6.92 Å². The van der Waals surface area contributed by atoms with Crippen molar-refractivity contribution in [3.63, 3.8) is 0 Å². The predicted molar refractivity (Wildman–Crippen MR) is 102 cm³/mol. The lowest BCUT2D eigenvalue weighted by Gasteiger charge is -2.24. The molecule has 4 heteroatoms. The van der Waals surface area contributed by atoms with Gasteiger partial charge in [-0.05, 0) is 24.5 Å². The molecule has 0 aromatic heterocycles. The highest BCUT2D eigenvalue weighted by Gasteiger charge is 2.39. The van der Waals surface area contributed by atoms with Gasteiger partial charge in [0.1, 0.15) is 0 Å². The van der Waals surface area contributed by atoms with E-state index in [4.69, 9.17) is 9.57 Å². The number of esters is 1. The van der Waals surface area contributed by atoms with Gasteiger partial charge in [-0.25, -0.2) is 4.79 Å². The fourth-order valence-electron chi connectivity index (χ4n) is 3.28. The summed E-state index contributed by atoms with van der Waals surface area (Å²) in [5.74, 6) is -0.0875. The number of nitrogens with zero attached hydrogens (tertiary/aromatic N) is 1. The molecule has 1 aliphatic heterocycles. The minimum atomic E-state index is -0.400. The van der Waals surface area contributed by atoms with Crippen LogP contribution in [0.4, 0.5) is 0 Å². The first-order chi connectivity index (χ1) is 12.7. The van der Waals surface area contributed by atoms with Gasteiger partial charge in [-0.3, -0.25) is 0 Å². The summed E-state index contributed by atoms with van der Waals surface area (Å²) < 4.78 is 5.25. The zero-order valence-corrected chi connectivity index (χ0v) is 15.4. The third-order valence-electron chi connectivity index (χ3n) is 4.42. The molecule has 26 heavy (non-hydrogen) atoms. The van der Waals surface area contributed by atoms with E-state index < -0.39 is 5.97 Å². The Kier molecular flexibility index (Phi) is 6.08. The Morgan fingerprint density at radius 2 is 1.69 bits per heavy atom. The van der Waals surface area contributed by atoms with Crippen LogP contribution in [0.25, 0.3) is 5.57 Å². The third kappa shape index (κ3) is 3.97. The quantitative estimate of drug-likeness (QED) is 0.685. The number of carbonyl (C=O) groups excluding carboxylic acids is 1. The summed E-state index contributed by atoms with van der Waals surface area (Å²) >= 11 is 0. The van der Waals surface area contributed by atoms with Crippen molar-refractivity contribution >= 4 is 11.5 Å². The molecular formula is C22H25NO3. The number of benzene rings is 2. The molecular weight excluding hydrogens is 326 g/mol. The van der Waals surface area contributed by atoms with Crippen molar-refractivity contribution in [2.24, 2.45) is 0 Å². The minimum Gasteiger partial charge on any atom is -0.460 e. The van der Waals surface area contributed by atoms with Gasteiger partial charge in [-0.15, -0.1) is 5.06 Å². The summed E-state index contributed by atoms with van der Waals surface area (Å²) in [5, 5.41) is 1.91. The Morgan fingerprint density at radius 3 is 2.31 bits per heavy atom. The van der Waals surface area contributed by atoms with Crippen LogP contribution in [0.5, 0.6) is 0 Å². The SMILES string of the molecule is CCCC1C(c2ccccc2)=C(C(=O)OCC)ON1Cc1ccccc1. The second kappa shape index (κ2) is 8.68. The first kappa shape index (κ1) is 18.2. The molecule has 0 fully saturated rings. The van der Waals surface area contributed by atoms with E-state index in [0.717, 1.165) is 29.5 Å². The Bertz CT molecular complexity index is 755. The molecule has 4 nitrogen and oxygen atoms in total. The topological polar surface area (TPSA) is 38.8 Å². The Morgan fingerprint density at radius 1 is 1.04 bits per heavy atom. The molecule has 0 saturated heterocycles. The summed E-state index contributed by atoms with van der Waals surface area (Å²) in [7, 11) is 0. The van der Waals surface area contributed by atoms with E-state index >= 15 is 0 Å². The van der Waals surface area contributed by atoms with Crippen molar-refractivity contribution in [1.82, 2.24) is 5.06 Å². The Labute approximate surface area is 155 Å². The largest absolute Gasteiger partial charge is 0.460 e. The second-order valence-corrected chi connectivity index (χ2v) is 6.29. The lowest BCUT2D eigenvalue weighted by Crippen LogP contribution is -2.30. The molecule has 0 spiro atoms. The van der Waals surface area contributed by atoms with Gasteiger partial charge in [0.25, 0.3) is 0 Å². The maximum atomic E-state index is 12.5. The molecule has 0 amide bonds. The number of rotatable bonds is 7. The molecule has 136 valence electrons. The van der Waals surface area contributed by atoms with E-state index in [-0.39, 0.29) is 6.04 Å². The molecule has 1 aliphatic rings. The van der Waals surface area contributed by atoms with Crippen LogP contribution < -0.4 is 0 Å². The maximum absolute atomic E-state index is 12.5. The summed E-state index contributed by atoms with van der Waals surface area (Å²) in [6.45, 7) is 4.89. The van der Waals surface area contributed by atoms with Gasteiger partial charge < -0.3 is 9.57 Å². The second-order valence-electron chi connectivity index (χ2n) is 6.29. The molecule has 1 atom stereocenters. The third-order valence-corrected chi connectivity index (χ3v) is 4.42. The van der Waals surface area contributed by atoms with Crippen molar-refractivity contribution in [2.45, 2.75) is 39.3 Å². The Balaban J connectivity index is 1.97. The molecule has 0 saturated carbocycles. The summed E-state index contributed by atoms with van der Waals surface area (Å²) in [5.41, 5.74) is 3.07. The fraction of sp³-hybridized carbons (Fsp3) is 0.318. The maximum Gasteiger partial charge on any atom is 0.376 e. The van der Waals surface area contributed by atoms with Gasteiger partial charge in [-0.2, -0.15) is 0 Å². The highest BCUT2D eigenvalue weighted by atomic mass is 16.7. The molecule has 1 heterocycles. The van der Waals surface area contributed by atoms with Gasteiger partial charge in [0.05, 0.1) is 19.2 Å². The standard InChI is InChI=1S/C22H25NO3/c1-3-11-19-20(18-14-9-6-10-15-18)21(22(24)25-4-2)26-23(19)16-17-12-7-5-8-13-17/h5-10,12-15,19H,3-4,11,16H2,1-2H3.